The number of carbonyl (C=O) groups is 2. The number of rotatable bonds is 9. The van der Waals surface area contributed by atoms with Crippen molar-refractivity contribution < 1.29 is 23.1 Å². The summed E-state index contributed by atoms with van der Waals surface area (Å²) < 4.78 is 37.4. The fourth-order valence-electron chi connectivity index (χ4n) is 8.30. The number of aromatic nitrogens is 4. The first kappa shape index (κ1) is 35.7. The average molecular weight is 731 g/mol. The zero-order valence-electron chi connectivity index (χ0n) is 30.8. The predicted octanol–water partition coefficient (Wildman–Crippen LogP) is 8.10. The molecule has 4 heterocycles. The summed E-state index contributed by atoms with van der Waals surface area (Å²) in [4.78, 5) is 45.7. The second kappa shape index (κ2) is 14.2. The molecule has 3 aliphatic rings. The summed E-state index contributed by atoms with van der Waals surface area (Å²) in [6.45, 7) is 7.33. The van der Waals surface area contributed by atoms with Crippen molar-refractivity contribution in [3.05, 3.63) is 95.8 Å². The van der Waals surface area contributed by atoms with Gasteiger partial charge in [0.15, 0.2) is 0 Å². The molecule has 13 heteroatoms. The van der Waals surface area contributed by atoms with Gasteiger partial charge in [0, 0.05) is 23.2 Å². The monoisotopic (exact) mass is 730 g/mol. The summed E-state index contributed by atoms with van der Waals surface area (Å²) in [5.74, 6) is -2.04. The van der Waals surface area contributed by atoms with E-state index >= 15 is 8.78 Å². The Hall–Kier alpha value is -5.30. The third kappa shape index (κ3) is 6.27. The van der Waals surface area contributed by atoms with Gasteiger partial charge in [-0.1, -0.05) is 69.2 Å². The molecule has 1 radical (unpaired) electrons. The topological polar surface area (TPSA) is 119 Å². The quantitative estimate of drug-likeness (QED) is 0.132. The van der Waals surface area contributed by atoms with E-state index in [1.807, 2.05) is 56.4 Å². The van der Waals surface area contributed by atoms with Crippen molar-refractivity contribution in [3.8, 4) is 44.8 Å². The molecule has 2 amide bonds. The molecule has 1 unspecified atom stereocenters. The van der Waals surface area contributed by atoms with Gasteiger partial charge >= 0.3 is 6.09 Å². The number of hydrogen-bond donors (Lipinski definition) is 3. The van der Waals surface area contributed by atoms with E-state index in [9.17, 15) is 9.59 Å². The van der Waals surface area contributed by atoms with Crippen molar-refractivity contribution in [2.75, 3.05) is 20.2 Å². The van der Waals surface area contributed by atoms with Crippen LogP contribution in [0.2, 0.25) is 6.82 Å². The molecule has 0 bridgehead atoms. The number of imidazole rings is 2. The minimum absolute atomic E-state index is 0.0195. The van der Waals surface area contributed by atoms with Gasteiger partial charge in [0.05, 0.1) is 43.0 Å². The molecule has 10 nitrogen and oxygen atoms in total. The van der Waals surface area contributed by atoms with E-state index in [1.54, 1.807) is 29.3 Å². The first-order valence-corrected chi connectivity index (χ1v) is 18.7. The zero-order chi connectivity index (χ0) is 37.7. The van der Waals surface area contributed by atoms with E-state index in [2.05, 4.69) is 44.3 Å². The summed E-state index contributed by atoms with van der Waals surface area (Å²) >= 11 is 0. The summed E-state index contributed by atoms with van der Waals surface area (Å²) in [6, 6.07) is 17.5. The smallest absolute Gasteiger partial charge is 0.407 e. The van der Waals surface area contributed by atoms with Gasteiger partial charge in [0.25, 0.3) is 5.92 Å². The SMILES string of the molecule is C[B]N1CCC[C@H]1c1ncc(-c2ccc(-c3ccc4c(c3)C(F)(F)c3cc(-c5cnc([C@@H]6CCCN6C(=O)C(NC(=O)OC)C(C)C)[nH]5)ccc3-4)cc2)[nH]1. The number of fused-ring (bicyclic) bond motifs is 3. The number of halogens is 2. The second-order valence-corrected chi connectivity index (χ2v) is 14.7. The van der Waals surface area contributed by atoms with Crippen molar-refractivity contribution in [3.63, 3.8) is 0 Å². The van der Waals surface area contributed by atoms with E-state index in [4.69, 9.17) is 4.74 Å². The summed E-state index contributed by atoms with van der Waals surface area (Å²) in [5, 5.41) is 2.66. The molecular weight excluding hydrogens is 687 g/mol. The number of benzene rings is 3. The molecular formula is C41H43BF2N7O3. The molecule has 2 fully saturated rings. The average Bonchev–Trinajstić information content (AvgIpc) is 4.04. The minimum Gasteiger partial charge on any atom is -0.453 e. The lowest BCUT2D eigenvalue weighted by Gasteiger charge is -2.30. The van der Waals surface area contributed by atoms with Gasteiger partial charge in [-0.05, 0) is 78.1 Å². The van der Waals surface area contributed by atoms with Crippen molar-refractivity contribution in [1.29, 1.82) is 0 Å². The third-order valence-corrected chi connectivity index (χ3v) is 11.2. The molecule has 2 aliphatic heterocycles. The highest BCUT2D eigenvalue weighted by Gasteiger charge is 2.45. The number of nitrogens with zero attached hydrogens (tertiary/aromatic N) is 4. The molecule has 277 valence electrons. The van der Waals surface area contributed by atoms with E-state index in [-0.39, 0.29) is 35.0 Å². The maximum atomic E-state index is 16.3. The lowest BCUT2D eigenvalue weighted by atomic mass is 9.94. The Balaban J connectivity index is 1.00. The molecule has 3 aromatic carbocycles. The van der Waals surface area contributed by atoms with Crippen LogP contribution in [0.25, 0.3) is 44.8 Å². The molecule has 1 aliphatic carbocycles. The van der Waals surface area contributed by atoms with Gasteiger partial charge in [0.2, 0.25) is 13.3 Å². The van der Waals surface area contributed by atoms with Crippen LogP contribution in [0.5, 0.6) is 0 Å². The standard InChI is InChI=1S/C41H43BF2N7O3/c1-23(2)36(49-40(53)54-4)39(52)50-17-5-7-34(50)37-45-22-33(48-37)27-14-16-29-28-15-13-26(19-30(28)41(43,44)31(29)20-27)24-9-11-25(12-10-24)32-21-46-38(47-32)35-8-6-18-51(35)42-3/h9-16,19-23,34-36H,5-8,17-18H2,1-4H3,(H,45,48)(H,46,47)(H,49,53)/t34-,35-,36?/m0/s1. The number of carbonyl (C=O) groups excluding carboxylic acids is 2. The molecule has 3 N–H and O–H groups in total. The number of amides is 2. The van der Waals surface area contributed by atoms with Crippen LogP contribution >= 0.6 is 0 Å². The van der Waals surface area contributed by atoms with Crippen molar-refractivity contribution in [2.24, 2.45) is 5.92 Å². The first-order valence-electron chi connectivity index (χ1n) is 18.7. The number of alkyl carbamates (subject to hydrolysis) is 1. The van der Waals surface area contributed by atoms with Crippen LogP contribution in [-0.2, 0) is 15.5 Å². The fraction of sp³-hybridized carbons (Fsp3) is 0.366. The summed E-state index contributed by atoms with van der Waals surface area (Å²) in [6.07, 6.45) is 6.49. The van der Waals surface area contributed by atoms with Crippen molar-refractivity contribution in [1.82, 2.24) is 35.0 Å². The normalized spacial score (nSPS) is 19.5. The summed E-state index contributed by atoms with van der Waals surface area (Å²) in [7, 11) is 3.38. The van der Waals surface area contributed by atoms with Crippen LogP contribution < -0.4 is 5.32 Å². The van der Waals surface area contributed by atoms with Crippen LogP contribution in [0.1, 0.15) is 74.4 Å². The highest BCUT2D eigenvalue weighted by atomic mass is 19.3. The van der Waals surface area contributed by atoms with Gasteiger partial charge in [0.1, 0.15) is 17.7 Å². The summed E-state index contributed by atoms with van der Waals surface area (Å²) in [5.41, 5.74) is 5.59. The predicted molar refractivity (Wildman–Crippen MR) is 204 cm³/mol. The van der Waals surface area contributed by atoms with Crippen LogP contribution in [0, 0.1) is 5.92 Å². The first-order chi connectivity index (χ1) is 26.1. The molecule has 3 atom stereocenters. The zero-order valence-corrected chi connectivity index (χ0v) is 30.8. The highest BCUT2D eigenvalue weighted by Crippen LogP contribution is 2.52. The lowest BCUT2D eigenvalue weighted by Crippen LogP contribution is -2.51. The number of likely N-dealkylation sites (tertiary alicyclic amines) is 1. The molecule has 0 saturated carbocycles. The van der Waals surface area contributed by atoms with E-state index in [0.717, 1.165) is 48.5 Å². The Labute approximate surface area is 314 Å². The number of nitrogens with one attached hydrogen (secondary N) is 3. The van der Waals surface area contributed by atoms with Crippen LogP contribution in [-0.4, -0.2) is 75.3 Å². The third-order valence-electron chi connectivity index (χ3n) is 11.2. The fourth-order valence-corrected chi connectivity index (χ4v) is 8.30. The maximum absolute atomic E-state index is 16.3. The van der Waals surface area contributed by atoms with Crippen molar-refractivity contribution in [2.45, 2.75) is 70.4 Å². The minimum atomic E-state index is -3.21. The molecule has 5 aromatic rings. The Kier molecular flexibility index (Phi) is 9.37. The second-order valence-electron chi connectivity index (χ2n) is 14.7. The van der Waals surface area contributed by atoms with Gasteiger partial charge in [-0.25, -0.2) is 14.8 Å². The molecule has 8 rings (SSSR count). The van der Waals surface area contributed by atoms with E-state index in [0.29, 0.717) is 46.7 Å². The van der Waals surface area contributed by atoms with Crippen molar-refractivity contribution >= 4 is 19.4 Å². The molecule has 54 heavy (non-hydrogen) atoms. The molecule has 2 saturated heterocycles. The lowest BCUT2D eigenvalue weighted by molar-refractivity contribution is -0.135. The Bertz CT molecular complexity index is 2200. The van der Waals surface area contributed by atoms with Gasteiger partial charge in [-0.3, -0.25) is 4.79 Å². The Morgan fingerprint density at radius 3 is 2.04 bits per heavy atom. The van der Waals surface area contributed by atoms with Gasteiger partial charge < -0.3 is 29.7 Å². The van der Waals surface area contributed by atoms with Crippen LogP contribution in [0.3, 0.4) is 0 Å². The number of ether oxygens (including phenoxy) is 1. The van der Waals surface area contributed by atoms with Gasteiger partial charge in [-0.2, -0.15) is 8.78 Å². The number of methoxy groups -OCH3 is 1. The van der Waals surface area contributed by atoms with Crippen LogP contribution in [0.4, 0.5) is 13.6 Å². The number of alkyl halides is 2. The molecule has 2 aromatic heterocycles. The number of aromatic amines is 2. The van der Waals surface area contributed by atoms with E-state index < -0.39 is 18.1 Å². The number of hydrogen-bond acceptors (Lipinski definition) is 6. The number of H-pyrrole nitrogens is 2. The Morgan fingerprint density at radius 2 is 1.39 bits per heavy atom. The van der Waals surface area contributed by atoms with Crippen LogP contribution in [0.15, 0.2) is 73.1 Å². The Morgan fingerprint density at radius 1 is 0.833 bits per heavy atom. The van der Waals surface area contributed by atoms with E-state index in [1.165, 1.54) is 13.2 Å². The molecule has 0 spiro atoms. The maximum Gasteiger partial charge on any atom is 0.407 e. The van der Waals surface area contributed by atoms with Gasteiger partial charge in [-0.15, -0.1) is 0 Å². The highest BCUT2D eigenvalue weighted by molar-refractivity contribution is 6.30. The largest absolute Gasteiger partial charge is 0.453 e.